The molecule has 1 heterocycles. The summed E-state index contributed by atoms with van der Waals surface area (Å²) >= 11 is 0. The van der Waals surface area contributed by atoms with Crippen molar-refractivity contribution in [2.24, 2.45) is 0 Å². The van der Waals surface area contributed by atoms with Gasteiger partial charge in [-0.3, -0.25) is 0 Å². The Morgan fingerprint density at radius 2 is 1.81 bits per heavy atom. The molecule has 0 fully saturated rings. The van der Waals surface area contributed by atoms with Crippen LogP contribution >= 0.6 is 0 Å². The van der Waals surface area contributed by atoms with Gasteiger partial charge in [-0.25, -0.2) is 13.1 Å². The minimum Gasteiger partial charge on any atom is -0.361 e. The van der Waals surface area contributed by atoms with Crippen molar-refractivity contribution >= 4 is 27.0 Å². The predicted octanol–water partition coefficient (Wildman–Crippen LogP) is 5.14. The van der Waals surface area contributed by atoms with E-state index in [1.54, 1.807) is 13.0 Å². The zero-order valence-corrected chi connectivity index (χ0v) is 17.2. The van der Waals surface area contributed by atoms with Crippen molar-refractivity contribution in [3.63, 3.8) is 0 Å². The first-order valence-electron chi connectivity index (χ1n) is 9.07. The largest absolute Gasteiger partial charge is 0.361 e. The highest BCUT2D eigenvalue weighted by Gasteiger charge is 2.15. The number of allylic oxidation sites excluding steroid dienone is 1. The summed E-state index contributed by atoms with van der Waals surface area (Å²) in [7, 11) is -3.46. The molecule has 0 atom stereocenters. The third-order valence-corrected chi connectivity index (χ3v) is 6.40. The summed E-state index contributed by atoms with van der Waals surface area (Å²) in [5.74, 6) is 0. The summed E-state index contributed by atoms with van der Waals surface area (Å²) in [4.78, 5) is 3.53. The van der Waals surface area contributed by atoms with E-state index in [1.807, 2.05) is 27.0 Å². The summed E-state index contributed by atoms with van der Waals surface area (Å²) in [5.41, 5.74) is 6.52. The van der Waals surface area contributed by atoms with E-state index >= 15 is 0 Å². The van der Waals surface area contributed by atoms with Gasteiger partial charge in [0.2, 0.25) is 10.0 Å². The van der Waals surface area contributed by atoms with Crippen LogP contribution in [0.15, 0.2) is 47.5 Å². The molecule has 3 rings (SSSR count). The van der Waals surface area contributed by atoms with Crippen LogP contribution in [0.3, 0.4) is 0 Å². The molecule has 0 saturated heterocycles. The average molecular weight is 383 g/mol. The Hall–Kier alpha value is -2.37. The number of hydrogen-bond donors (Lipinski definition) is 2. The van der Waals surface area contributed by atoms with Crippen LogP contribution in [-0.2, 0) is 10.0 Å². The lowest BCUT2D eigenvalue weighted by molar-refractivity contribution is 0.576. The van der Waals surface area contributed by atoms with Gasteiger partial charge in [-0.2, -0.15) is 0 Å². The van der Waals surface area contributed by atoms with Crippen LogP contribution in [0.1, 0.15) is 37.5 Å². The SMILES string of the molecule is C/C(=C\c1cc(C)c(-c2ccc3[nH]ccc3c2)cc1C)S(=O)(=O)NC(C)C. The predicted molar refractivity (Wildman–Crippen MR) is 114 cm³/mol. The van der Waals surface area contributed by atoms with E-state index in [1.165, 1.54) is 5.39 Å². The highest BCUT2D eigenvalue weighted by atomic mass is 32.2. The molecule has 0 aliphatic carbocycles. The van der Waals surface area contributed by atoms with Gasteiger partial charge >= 0.3 is 0 Å². The van der Waals surface area contributed by atoms with Crippen molar-refractivity contribution in [1.82, 2.24) is 9.71 Å². The maximum Gasteiger partial charge on any atom is 0.236 e. The Bertz CT molecular complexity index is 1120. The smallest absolute Gasteiger partial charge is 0.236 e. The fraction of sp³-hybridized carbons (Fsp3) is 0.273. The zero-order valence-electron chi connectivity index (χ0n) is 16.4. The van der Waals surface area contributed by atoms with Crippen molar-refractivity contribution in [1.29, 1.82) is 0 Å². The Morgan fingerprint density at radius 1 is 1.07 bits per heavy atom. The first kappa shape index (κ1) is 19.4. The maximum atomic E-state index is 12.3. The van der Waals surface area contributed by atoms with Gasteiger partial charge in [0.25, 0.3) is 0 Å². The fourth-order valence-corrected chi connectivity index (χ4v) is 4.31. The maximum absolute atomic E-state index is 12.3. The molecule has 27 heavy (non-hydrogen) atoms. The van der Waals surface area contributed by atoms with Gasteiger partial charge in [0.1, 0.15) is 0 Å². The van der Waals surface area contributed by atoms with E-state index in [2.05, 4.69) is 53.0 Å². The minimum absolute atomic E-state index is 0.132. The molecule has 0 amide bonds. The highest BCUT2D eigenvalue weighted by Crippen LogP contribution is 2.30. The second kappa shape index (κ2) is 7.33. The summed E-state index contributed by atoms with van der Waals surface area (Å²) < 4.78 is 27.3. The van der Waals surface area contributed by atoms with Gasteiger partial charge in [0.15, 0.2) is 0 Å². The van der Waals surface area contributed by atoms with E-state index in [-0.39, 0.29) is 6.04 Å². The second-order valence-electron chi connectivity index (χ2n) is 7.33. The number of aromatic amines is 1. The van der Waals surface area contributed by atoms with Crippen molar-refractivity contribution in [2.45, 2.75) is 40.7 Å². The van der Waals surface area contributed by atoms with Gasteiger partial charge in [0, 0.05) is 17.8 Å². The third kappa shape index (κ3) is 4.15. The van der Waals surface area contributed by atoms with Crippen LogP contribution in [0.2, 0.25) is 0 Å². The zero-order chi connectivity index (χ0) is 19.8. The van der Waals surface area contributed by atoms with Gasteiger partial charge in [-0.1, -0.05) is 18.2 Å². The van der Waals surface area contributed by atoms with Crippen LogP contribution in [0.4, 0.5) is 0 Å². The molecule has 4 nitrogen and oxygen atoms in total. The minimum atomic E-state index is -3.46. The number of fused-ring (bicyclic) bond motifs is 1. The Morgan fingerprint density at radius 3 is 2.52 bits per heavy atom. The normalized spacial score (nSPS) is 12.9. The van der Waals surface area contributed by atoms with Crippen LogP contribution in [-0.4, -0.2) is 19.4 Å². The molecule has 0 aliphatic heterocycles. The summed E-state index contributed by atoms with van der Waals surface area (Å²) in [6.45, 7) is 9.34. The van der Waals surface area contributed by atoms with E-state index in [0.717, 1.165) is 33.3 Å². The molecular weight excluding hydrogens is 356 g/mol. The lowest BCUT2D eigenvalue weighted by Gasteiger charge is -2.13. The first-order valence-corrected chi connectivity index (χ1v) is 10.5. The number of sulfonamides is 1. The first-order chi connectivity index (χ1) is 12.7. The van der Waals surface area contributed by atoms with Crippen molar-refractivity contribution in [3.8, 4) is 11.1 Å². The Balaban J connectivity index is 2.01. The monoisotopic (exact) mass is 382 g/mol. The molecule has 0 radical (unpaired) electrons. The molecule has 0 saturated carbocycles. The molecule has 1 aromatic heterocycles. The van der Waals surface area contributed by atoms with Gasteiger partial charge < -0.3 is 4.98 Å². The molecule has 2 aromatic carbocycles. The number of hydrogen-bond acceptors (Lipinski definition) is 2. The molecule has 0 aliphatic rings. The summed E-state index contributed by atoms with van der Waals surface area (Å²) in [5, 5.41) is 1.18. The van der Waals surface area contributed by atoms with Crippen molar-refractivity contribution < 1.29 is 8.42 Å². The highest BCUT2D eigenvalue weighted by molar-refractivity contribution is 7.93. The molecular formula is C22H26N2O2S. The number of H-pyrrole nitrogens is 1. The van der Waals surface area contributed by atoms with Gasteiger partial charge in [-0.15, -0.1) is 0 Å². The van der Waals surface area contributed by atoms with Gasteiger partial charge in [0.05, 0.1) is 4.91 Å². The Labute approximate surface area is 161 Å². The number of aromatic nitrogens is 1. The van der Waals surface area contributed by atoms with Crippen LogP contribution in [0, 0.1) is 13.8 Å². The van der Waals surface area contributed by atoms with E-state index in [0.29, 0.717) is 4.91 Å². The molecule has 0 bridgehead atoms. The lowest BCUT2D eigenvalue weighted by Crippen LogP contribution is -2.30. The fourth-order valence-electron chi connectivity index (χ4n) is 3.23. The standard InChI is InChI=1S/C22H26N2O2S/c1-14(2)24-27(25,26)17(5)12-20-10-16(4)21(11-15(20)3)18-6-7-22-19(13-18)8-9-23-22/h6-14,23-24H,1-5H3/b17-12+. The van der Waals surface area contributed by atoms with Crippen LogP contribution in [0.5, 0.6) is 0 Å². The van der Waals surface area contributed by atoms with E-state index in [4.69, 9.17) is 0 Å². The molecule has 2 N–H and O–H groups in total. The topological polar surface area (TPSA) is 62.0 Å². The van der Waals surface area contributed by atoms with E-state index < -0.39 is 10.0 Å². The van der Waals surface area contributed by atoms with Crippen molar-refractivity contribution in [3.05, 3.63) is 64.2 Å². The summed E-state index contributed by atoms with van der Waals surface area (Å²) in [6.07, 6.45) is 3.68. The second-order valence-corrected chi connectivity index (χ2v) is 9.22. The molecule has 0 unspecified atom stereocenters. The van der Waals surface area contributed by atoms with Crippen LogP contribution in [0.25, 0.3) is 28.1 Å². The number of nitrogens with one attached hydrogen (secondary N) is 2. The molecule has 3 aromatic rings. The van der Waals surface area contributed by atoms with Crippen molar-refractivity contribution in [2.75, 3.05) is 0 Å². The third-order valence-electron chi connectivity index (χ3n) is 4.65. The number of aryl methyl sites for hydroxylation is 2. The van der Waals surface area contributed by atoms with E-state index in [9.17, 15) is 8.42 Å². The number of rotatable bonds is 5. The molecule has 0 spiro atoms. The average Bonchev–Trinajstić information content (AvgIpc) is 3.04. The quantitative estimate of drug-likeness (QED) is 0.642. The molecule has 142 valence electrons. The summed E-state index contributed by atoms with van der Waals surface area (Å²) in [6, 6.07) is 12.5. The van der Waals surface area contributed by atoms with Crippen LogP contribution < -0.4 is 4.72 Å². The van der Waals surface area contributed by atoms with Gasteiger partial charge in [-0.05, 0) is 92.1 Å². The lowest BCUT2D eigenvalue weighted by atomic mass is 9.94. The number of benzene rings is 2. The molecule has 5 heteroatoms. The Kier molecular flexibility index (Phi) is 5.27.